The number of hydrogen-bond acceptors (Lipinski definition) is 1. The van der Waals surface area contributed by atoms with E-state index in [2.05, 4.69) is 13.8 Å². The van der Waals surface area contributed by atoms with Crippen LogP contribution < -0.4 is 0 Å². The highest BCUT2D eigenvalue weighted by atomic mass is 28.4. The van der Waals surface area contributed by atoms with Crippen LogP contribution in [0.3, 0.4) is 0 Å². The molecule has 1 aromatic rings. The van der Waals surface area contributed by atoms with Crippen LogP contribution in [0.4, 0.5) is 13.2 Å². The lowest BCUT2D eigenvalue weighted by atomic mass is 10.1. The molecule has 0 aromatic heterocycles. The van der Waals surface area contributed by atoms with Gasteiger partial charge in [0.25, 0.3) is 0 Å². The second-order valence-electron chi connectivity index (χ2n) is 5.50. The third kappa shape index (κ3) is 5.15. The normalized spacial score (nSPS) is 11.9. The maximum absolute atomic E-state index is 13.5. The smallest absolute Gasteiger partial charge is 0.191 e. The van der Waals surface area contributed by atoms with Gasteiger partial charge in [-0.15, -0.1) is 0 Å². The zero-order valence-electron chi connectivity index (χ0n) is 13.1. The van der Waals surface area contributed by atoms with Gasteiger partial charge in [-0.25, -0.2) is 13.2 Å². The zero-order valence-corrected chi connectivity index (χ0v) is 14.1. The molecule has 0 saturated heterocycles. The fourth-order valence-corrected chi connectivity index (χ4v) is 5.61. The summed E-state index contributed by atoms with van der Waals surface area (Å²) in [5.74, 6) is -2.43. The summed E-state index contributed by atoms with van der Waals surface area (Å²) in [5, 5.41) is 0. The van der Waals surface area contributed by atoms with Crippen molar-refractivity contribution in [2.45, 2.75) is 57.7 Å². The van der Waals surface area contributed by atoms with Crippen molar-refractivity contribution in [1.82, 2.24) is 0 Å². The Morgan fingerprint density at radius 2 is 1.52 bits per heavy atom. The van der Waals surface area contributed by atoms with Gasteiger partial charge in [0.05, 0.1) is 0 Å². The number of benzene rings is 1. The fourth-order valence-electron chi connectivity index (χ4n) is 2.73. The molecule has 0 heterocycles. The molecule has 0 unspecified atom stereocenters. The lowest BCUT2D eigenvalue weighted by Gasteiger charge is -2.27. The predicted molar refractivity (Wildman–Crippen MR) is 82.4 cm³/mol. The highest BCUT2D eigenvalue weighted by molar-refractivity contribution is 6.73. The summed E-state index contributed by atoms with van der Waals surface area (Å²) in [4.78, 5) is 0. The van der Waals surface area contributed by atoms with Gasteiger partial charge in [-0.05, 0) is 31.0 Å². The van der Waals surface area contributed by atoms with Crippen molar-refractivity contribution in [3.05, 3.63) is 35.1 Å². The van der Waals surface area contributed by atoms with Gasteiger partial charge in [-0.3, -0.25) is 0 Å². The first-order valence-corrected chi connectivity index (χ1v) is 10.2. The number of halogens is 3. The van der Waals surface area contributed by atoms with Crippen LogP contribution in [0.25, 0.3) is 0 Å². The van der Waals surface area contributed by atoms with E-state index in [9.17, 15) is 13.2 Å². The number of hydrogen-bond donors (Lipinski definition) is 0. The molecule has 0 aliphatic heterocycles. The van der Waals surface area contributed by atoms with E-state index in [1.54, 1.807) is 7.11 Å². The van der Waals surface area contributed by atoms with Crippen molar-refractivity contribution in [3.8, 4) is 0 Å². The van der Waals surface area contributed by atoms with Crippen LogP contribution in [-0.4, -0.2) is 15.4 Å². The van der Waals surface area contributed by atoms with Crippen LogP contribution >= 0.6 is 0 Å². The fraction of sp³-hybridized carbons (Fsp3) is 0.625. The first kappa shape index (κ1) is 18.2. The topological polar surface area (TPSA) is 9.23 Å². The minimum Gasteiger partial charge on any atom is -0.420 e. The molecule has 1 rings (SSSR count). The molecular formula is C16H25F3OSi. The molecule has 0 aliphatic carbocycles. The molecule has 5 heteroatoms. The summed E-state index contributed by atoms with van der Waals surface area (Å²) in [6, 6.07) is 4.78. The minimum absolute atomic E-state index is 0.00219. The van der Waals surface area contributed by atoms with Gasteiger partial charge in [-0.2, -0.15) is 0 Å². The number of unbranched alkanes of at least 4 members (excludes halogenated alkanes) is 2. The molecule has 0 amide bonds. The van der Waals surface area contributed by atoms with Crippen molar-refractivity contribution >= 4 is 8.32 Å². The van der Waals surface area contributed by atoms with Gasteiger partial charge in [0.1, 0.15) is 17.5 Å². The Bertz CT molecular complexity index is 416. The monoisotopic (exact) mass is 318 g/mol. The Labute approximate surface area is 126 Å². The maximum Gasteiger partial charge on any atom is 0.191 e. The Hall–Kier alpha value is -0.813. The van der Waals surface area contributed by atoms with E-state index >= 15 is 0 Å². The molecule has 120 valence electrons. The summed E-state index contributed by atoms with van der Waals surface area (Å²) in [7, 11) is 0.220. The molecule has 1 nitrogen and oxygen atoms in total. The second-order valence-corrected chi connectivity index (χ2v) is 10.2. The van der Waals surface area contributed by atoms with Gasteiger partial charge >= 0.3 is 0 Å². The standard InChI is InChI=1S/C16H25F3OSi/c1-4-21(5-2,20-3)10-8-6-7-9-14-15(18)11-13(17)12-16(14)19/h11-12H,4-10H2,1-3H3. The number of rotatable bonds is 9. The Balaban J connectivity index is 2.42. The Morgan fingerprint density at radius 1 is 0.952 bits per heavy atom. The maximum atomic E-state index is 13.5. The lowest BCUT2D eigenvalue weighted by Crippen LogP contribution is -2.34. The average Bonchev–Trinajstić information content (AvgIpc) is 2.45. The summed E-state index contributed by atoms with van der Waals surface area (Å²) in [6.45, 7) is 4.34. The summed E-state index contributed by atoms with van der Waals surface area (Å²) < 4.78 is 45.5. The molecule has 0 radical (unpaired) electrons. The van der Waals surface area contributed by atoms with Crippen molar-refractivity contribution in [3.63, 3.8) is 0 Å². The first-order chi connectivity index (χ1) is 9.98. The molecular weight excluding hydrogens is 293 g/mol. The van der Waals surface area contributed by atoms with E-state index in [-0.39, 0.29) is 5.56 Å². The quantitative estimate of drug-likeness (QED) is 0.434. The van der Waals surface area contributed by atoms with Gasteiger partial charge in [-0.1, -0.05) is 26.7 Å². The van der Waals surface area contributed by atoms with E-state index in [4.69, 9.17) is 4.43 Å². The van der Waals surface area contributed by atoms with Gasteiger partial charge in [0.15, 0.2) is 8.32 Å². The predicted octanol–water partition coefficient (Wildman–Crippen LogP) is 5.45. The van der Waals surface area contributed by atoms with E-state index in [1.807, 2.05) is 0 Å². The van der Waals surface area contributed by atoms with Crippen molar-refractivity contribution in [2.75, 3.05) is 7.11 Å². The molecule has 0 aliphatic rings. The van der Waals surface area contributed by atoms with E-state index < -0.39 is 25.8 Å². The van der Waals surface area contributed by atoms with Crippen LogP contribution in [0, 0.1) is 17.5 Å². The highest BCUT2D eigenvalue weighted by Gasteiger charge is 2.28. The molecule has 0 saturated carbocycles. The van der Waals surface area contributed by atoms with Gasteiger partial charge in [0, 0.05) is 24.8 Å². The Kier molecular flexibility index (Phi) is 7.46. The molecule has 0 fully saturated rings. The van der Waals surface area contributed by atoms with Crippen molar-refractivity contribution in [1.29, 1.82) is 0 Å². The summed E-state index contributed by atoms with van der Waals surface area (Å²) in [5.41, 5.74) is -0.00219. The molecule has 0 atom stereocenters. The average molecular weight is 318 g/mol. The Morgan fingerprint density at radius 3 is 2.00 bits per heavy atom. The third-order valence-electron chi connectivity index (χ3n) is 4.39. The van der Waals surface area contributed by atoms with Crippen LogP contribution in [0.15, 0.2) is 12.1 Å². The SMILES string of the molecule is CC[Si](CC)(CCCCCc1c(F)cc(F)cc1F)OC. The third-order valence-corrected chi connectivity index (χ3v) is 9.09. The second kappa shape index (κ2) is 8.59. The molecule has 0 spiro atoms. The van der Waals surface area contributed by atoms with E-state index in [1.165, 1.54) is 0 Å². The first-order valence-electron chi connectivity index (χ1n) is 7.66. The van der Waals surface area contributed by atoms with E-state index in [0.717, 1.165) is 43.1 Å². The summed E-state index contributed by atoms with van der Waals surface area (Å²) >= 11 is 0. The summed E-state index contributed by atoms with van der Waals surface area (Å²) in [6.07, 6.45) is 2.96. The van der Waals surface area contributed by atoms with Crippen molar-refractivity contribution < 1.29 is 17.6 Å². The zero-order chi connectivity index (χ0) is 15.9. The van der Waals surface area contributed by atoms with Crippen LogP contribution in [0.5, 0.6) is 0 Å². The van der Waals surface area contributed by atoms with Crippen molar-refractivity contribution in [2.24, 2.45) is 0 Å². The van der Waals surface area contributed by atoms with Crippen LogP contribution in [-0.2, 0) is 10.8 Å². The molecule has 21 heavy (non-hydrogen) atoms. The van der Waals surface area contributed by atoms with Gasteiger partial charge in [0.2, 0.25) is 0 Å². The molecule has 0 N–H and O–H groups in total. The van der Waals surface area contributed by atoms with E-state index in [0.29, 0.717) is 12.8 Å². The van der Waals surface area contributed by atoms with Crippen LogP contribution in [0.1, 0.15) is 38.7 Å². The molecule has 0 bridgehead atoms. The molecule has 1 aromatic carbocycles. The highest BCUT2D eigenvalue weighted by Crippen LogP contribution is 2.25. The van der Waals surface area contributed by atoms with Gasteiger partial charge < -0.3 is 4.43 Å². The minimum atomic E-state index is -1.57. The van der Waals surface area contributed by atoms with Crippen LogP contribution in [0.2, 0.25) is 18.1 Å². The largest absolute Gasteiger partial charge is 0.420 e. The lowest BCUT2D eigenvalue weighted by molar-refractivity contribution is 0.389.